The summed E-state index contributed by atoms with van der Waals surface area (Å²) in [7, 11) is 0. The molecule has 1 amide bonds. The maximum absolute atomic E-state index is 12.6. The Morgan fingerprint density at radius 2 is 1.69 bits per heavy atom. The lowest BCUT2D eigenvalue weighted by Crippen LogP contribution is -2.45. The number of rotatable bonds is 8. The third-order valence-corrected chi connectivity index (χ3v) is 4.53. The minimum atomic E-state index is -1.20. The molecule has 3 atom stereocenters. The summed E-state index contributed by atoms with van der Waals surface area (Å²) >= 11 is 0. The van der Waals surface area contributed by atoms with Crippen molar-refractivity contribution < 1.29 is 47.7 Å². The molecule has 192 valence electrons. The van der Waals surface area contributed by atoms with Crippen molar-refractivity contribution in [3.05, 3.63) is 23.8 Å². The van der Waals surface area contributed by atoms with Crippen LogP contribution < -0.4 is 20.5 Å². The Morgan fingerprint density at radius 1 is 1.00 bits per heavy atom. The van der Waals surface area contributed by atoms with Gasteiger partial charge in [0.15, 0.2) is 11.5 Å². The summed E-state index contributed by atoms with van der Waals surface area (Å²) in [5.41, 5.74) is 6.05. The number of hydrogen-bond donors (Lipinski definition) is 2. The number of alkyl carbamates (subject to hydrolysis) is 1. The molecule has 0 saturated carbocycles. The van der Waals surface area contributed by atoms with Crippen LogP contribution in [-0.4, -0.2) is 54.4 Å². The van der Waals surface area contributed by atoms with Crippen LogP contribution in [0.15, 0.2) is 18.2 Å². The van der Waals surface area contributed by atoms with Gasteiger partial charge in [-0.1, -0.05) is 19.9 Å². The summed E-state index contributed by atoms with van der Waals surface area (Å²) in [6.07, 6.45) is -3.10. The van der Waals surface area contributed by atoms with E-state index >= 15 is 0 Å². The number of nitrogens with one attached hydrogen (secondary N) is 1. The number of esters is 4. The van der Waals surface area contributed by atoms with E-state index in [9.17, 15) is 24.0 Å². The first-order chi connectivity index (χ1) is 16.3. The number of fused-ring (bicyclic) bond motifs is 1. The minimum absolute atomic E-state index is 0.00784. The fourth-order valence-corrected chi connectivity index (χ4v) is 2.85. The molecule has 35 heavy (non-hydrogen) atoms. The van der Waals surface area contributed by atoms with Crippen molar-refractivity contribution in [3.63, 3.8) is 0 Å². The Balaban J connectivity index is 2.18. The second-order valence-electron chi connectivity index (χ2n) is 8.44. The van der Waals surface area contributed by atoms with Crippen molar-refractivity contribution in [2.75, 3.05) is 0 Å². The molecule has 3 unspecified atom stereocenters. The number of benzene rings is 1. The van der Waals surface area contributed by atoms with Gasteiger partial charge in [0, 0.05) is 13.3 Å². The van der Waals surface area contributed by atoms with Crippen LogP contribution in [0.3, 0.4) is 0 Å². The molecule has 1 aliphatic heterocycles. The number of ether oxygens (including phenoxy) is 5. The van der Waals surface area contributed by atoms with Crippen molar-refractivity contribution >= 4 is 30.0 Å². The molecular weight excluding hydrogens is 464 g/mol. The van der Waals surface area contributed by atoms with Gasteiger partial charge in [-0.3, -0.25) is 9.59 Å². The van der Waals surface area contributed by atoms with Crippen LogP contribution in [-0.2, 0) is 39.8 Å². The molecule has 0 radical (unpaired) electrons. The summed E-state index contributed by atoms with van der Waals surface area (Å²) in [5.74, 6) is -3.30. The fourth-order valence-electron chi connectivity index (χ4n) is 2.85. The summed E-state index contributed by atoms with van der Waals surface area (Å²) in [5, 5.41) is 2.39. The number of carbonyl (C=O) groups is 5. The third kappa shape index (κ3) is 8.56. The topological polar surface area (TPSA) is 170 Å². The van der Waals surface area contributed by atoms with Crippen LogP contribution in [0.25, 0.3) is 0 Å². The van der Waals surface area contributed by atoms with E-state index in [1.165, 1.54) is 25.1 Å². The molecule has 1 heterocycles. The van der Waals surface area contributed by atoms with Crippen molar-refractivity contribution in [2.24, 2.45) is 11.7 Å². The van der Waals surface area contributed by atoms with E-state index in [-0.39, 0.29) is 24.3 Å². The Labute approximate surface area is 202 Å². The summed E-state index contributed by atoms with van der Waals surface area (Å²) in [4.78, 5) is 60.6. The van der Waals surface area contributed by atoms with E-state index in [0.717, 1.165) is 0 Å². The smallest absolute Gasteiger partial charge is 0.410 e. The normalized spacial score (nSPS) is 17.2. The highest BCUT2D eigenvalue weighted by Gasteiger charge is 2.29. The van der Waals surface area contributed by atoms with Gasteiger partial charge in [0.05, 0.1) is 18.4 Å². The molecule has 1 aromatic rings. The zero-order chi connectivity index (χ0) is 26.3. The van der Waals surface area contributed by atoms with Crippen molar-refractivity contribution in [1.29, 1.82) is 0 Å². The number of nitrogens with two attached hydrogens (primary N) is 1. The monoisotopic (exact) mass is 494 g/mol. The van der Waals surface area contributed by atoms with E-state index in [0.29, 0.717) is 5.56 Å². The van der Waals surface area contributed by atoms with E-state index in [2.05, 4.69) is 5.32 Å². The van der Waals surface area contributed by atoms with Gasteiger partial charge in [0.25, 0.3) is 0 Å². The number of hydrogen-bond acceptors (Lipinski definition) is 11. The summed E-state index contributed by atoms with van der Waals surface area (Å²) < 4.78 is 25.6. The highest BCUT2D eigenvalue weighted by atomic mass is 16.7. The van der Waals surface area contributed by atoms with Crippen LogP contribution in [0, 0.1) is 5.92 Å². The molecule has 12 heteroatoms. The van der Waals surface area contributed by atoms with Crippen molar-refractivity contribution in [3.8, 4) is 11.5 Å². The molecule has 0 fully saturated rings. The van der Waals surface area contributed by atoms with Gasteiger partial charge >= 0.3 is 30.0 Å². The van der Waals surface area contributed by atoms with Gasteiger partial charge in [0.1, 0.15) is 12.1 Å². The van der Waals surface area contributed by atoms with E-state index in [4.69, 9.17) is 29.4 Å². The molecule has 1 aliphatic rings. The standard InChI is InChI=1S/C23H30N2O10/c1-11(2)20(27)32-13(5)33-23(30)25-16(22(29)31-12(3)4)8-14-6-7-17-18(9-14)35-21(28)15(24)10-19(26)34-17/h6-7,9,11-13,15-16H,8,10,24H2,1-5H3,(H,25,30). The molecule has 0 aromatic heterocycles. The largest absolute Gasteiger partial charge is 0.461 e. The molecule has 0 bridgehead atoms. The Kier molecular flexibility index (Phi) is 9.58. The second-order valence-corrected chi connectivity index (χ2v) is 8.44. The molecular formula is C23H30N2O10. The van der Waals surface area contributed by atoms with Crippen LogP contribution in [0.4, 0.5) is 4.79 Å². The lowest BCUT2D eigenvalue weighted by Gasteiger charge is -2.22. The van der Waals surface area contributed by atoms with Gasteiger partial charge in [-0.15, -0.1) is 0 Å². The van der Waals surface area contributed by atoms with Crippen LogP contribution in [0.5, 0.6) is 11.5 Å². The zero-order valence-corrected chi connectivity index (χ0v) is 20.2. The number of amides is 1. The van der Waals surface area contributed by atoms with Crippen molar-refractivity contribution in [2.45, 2.75) is 71.9 Å². The van der Waals surface area contributed by atoms with Crippen LogP contribution in [0.1, 0.15) is 46.6 Å². The lowest BCUT2D eigenvalue weighted by molar-refractivity contribution is -0.169. The Bertz CT molecular complexity index is 975. The Hall–Kier alpha value is -3.67. The first kappa shape index (κ1) is 27.6. The van der Waals surface area contributed by atoms with E-state index in [1.807, 2.05) is 0 Å². The molecule has 0 spiro atoms. The average molecular weight is 494 g/mol. The van der Waals surface area contributed by atoms with Gasteiger partial charge in [-0.05, 0) is 31.5 Å². The predicted octanol–water partition coefficient (Wildman–Crippen LogP) is 1.36. The molecule has 0 saturated heterocycles. The summed E-state index contributed by atoms with van der Waals surface area (Å²) in [6, 6.07) is 1.91. The average Bonchev–Trinajstić information content (AvgIpc) is 2.73. The predicted molar refractivity (Wildman–Crippen MR) is 119 cm³/mol. The third-order valence-electron chi connectivity index (χ3n) is 4.53. The van der Waals surface area contributed by atoms with Gasteiger partial charge in [-0.25, -0.2) is 14.4 Å². The summed E-state index contributed by atoms with van der Waals surface area (Å²) in [6.45, 7) is 7.89. The van der Waals surface area contributed by atoms with E-state index in [1.54, 1.807) is 27.7 Å². The van der Waals surface area contributed by atoms with Gasteiger partial charge < -0.3 is 34.7 Å². The fraction of sp³-hybridized carbons (Fsp3) is 0.522. The molecule has 3 N–H and O–H groups in total. The molecule has 1 aromatic carbocycles. The SMILES string of the molecule is CC(C)OC(=O)C(Cc1ccc2c(c1)OC(=O)C(N)CC(=O)O2)NC(=O)OC(C)OC(=O)C(C)C. The first-order valence-electron chi connectivity index (χ1n) is 11.0. The number of carbonyl (C=O) groups excluding carboxylic acids is 5. The first-order valence-corrected chi connectivity index (χ1v) is 11.0. The molecule has 0 aliphatic carbocycles. The maximum Gasteiger partial charge on any atom is 0.410 e. The van der Waals surface area contributed by atoms with Crippen LogP contribution in [0.2, 0.25) is 0 Å². The lowest BCUT2D eigenvalue weighted by atomic mass is 10.0. The highest BCUT2D eigenvalue weighted by Crippen LogP contribution is 2.31. The molecule has 2 rings (SSSR count). The maximum atomic E-state index is 12.6. The van der Waals surface area contributed by atoms with Crippen LogP contribution >= 0.6 is 0 Å². The quantitative estimate of drug-likeness (QED) is 0.304. The van der Waals surface area contributed by atoms with Crippen molar-refractivity contribution in [1.82, 2.24) is 5.32 Å². The molecule has 12 nitrogen and oxygen atoms in total. The second kappa shape index (κ2) is 12.2. The van der Waals surface area contributed by atoms with Gasteiger partial charge in [-0.2, -0.15) is 0 Å². The highest BCUT2D eigenvalue weighted by molar-refractivity contribution is 5.87. The van der Waals surface area contributed by atoms with Gasteiger partial charge in [0.2, 0.25) is 6.29 Å². The zero-order valence-electron chi connectivity index (χ0n) is 20.2. The minimum Gasteiger partial charge on any atom is -0.461 e. The van der Waals surface area contributed by atoms with E-state index < -0.39 is 60.4 Å². The Morgan fingerprint density at radius 3 is 2.31 bits per heavy atom.